The lowest BCUT2D eigenvalue weighted by molar-refractivity contribution is 0.474. The monoisotopic (exact) mass is 261 g/mol. The number of nitrogens with zero attached hydrogens (tertiary/aromatic N) is 1. The van der Waals surface area contributed by atoms with Crippen LogP contribution in [0.25, 0.3) is 0 Å². The molecule has 0 spiro atoms. The van der Waals surface area contributed by atoms with Gasteiger partial charge in [-0.25, -0.2) is 4.21 Å². The van der Waals surface area contributed by atoms with Gasteiger partial charge in [-0.05, 0) is 30.3 Å². The Bertz CT molecular complexity index is 596. The maximum absolute atomic E-state index is 10.9. The Labute approximate surface area is 107 Å². The SMILES string of the molecule is O=S(O)c1ccc(O)c(C=Nc2ccccc2)c1. The van der Waals surface area contributed by atoms with Crippen LogP contribution in [0.15, 0.2) is 58.4 Å². The average Bonchev–Trinajstić information content (AvgIpc) is 2.38. The molecule has 1 unspecified atom stereocenters. The first-order valence-corrected chi connectivity index (χ1v) is 6.30. The quantitative estimate of drug-likeness (QED) is 0.659. The van der Waals surface area contributed by atoms with Gasteiger partial charge in [0.25, 0.3) is 0 Å². The maximum Gasteiger partial charge on any atom is 0.186 e. The van der Waals surface area contributed by atoms with Crippen LogP contribution in [-0.4, -0.2) is 20.1 Å². The second kappa shape index (κ2) is 5.57. The summed E-state index contributed by atoms with van der Waals surface area (Å²) in [5.74, 6) is 0.0175. The zero-order valence-corrected chi connectivity index (χ0v) is 10.2. The third kappa shape index (κ3) is 3.03. The van der Waals surface area contributed by atoms with Crippen molar-refractivity contribution in [2.24, 2.45) is 4.99 Å². The Hall–Kier alpha value is -1.98. The Balaban J connectivity index is 2.31. The number of aliphatic imine (C=N–C) groups is 1. The molecule has 18 heavy (non-hydrogen) atoms. The van der Waals surface area contributed by atoms with Crippen LogP contribution in [0.4, 0.5) is 5.69 Å². The summed E-state index contributed by atoms with van der Waals surface area (Å²) in [6, 6.07) is 13.4. The van der Waals surface area contributed by atoms with Gasteiger partial charge in [0.1, 0.15) is 5.75 Å². The molecule has 0 bridgehead atoms. The van der Waals surface area contributed by atoms with E-state index in [2.05, 4.69) is 4.99 Å². The highest BCUT2D eigenvalue weighted by Gasteiger charge is 2.04. The first-order chi connectivity index (χ1) is 8.66. The largest absolute Gasteiger partial charge is 0.507 e. The topological polar surface area (TPSA) is 69.9 Å². The number of aromatic hydroxyl groups is 1. The Morgan fingerprint density at radius 2 is 1.83 bits per heavy atom. The van der Waals surface area contributed by atoms with Gasteiger partial charge in [0, 0.05) is 11.8 Å². The van der Waals surface area contributed by atoms with Gasteiger partial charge in [-0.15, -0.1) is 0 Å². The molecule has 0 radical (unpaired) electrons. The summed E-state index contributed by atoms with van der Waals surface area (Å²) in [5, 5.41) is 9.62. The predicted octanol–water partition coefficient (Wildman–Crippen LogP) is 2.72. The van der Waals surface area contributed by atoms with Gasteiger partial charge in [-0.2, -0.15) is 0 Å². The van der Waals surface area contributed by atoms with Crippen LogP contribution in [0.1, 0.15) is 5.56 Å². The van der Waals surface area contributed by atoms with Gasteiger partial charge in [0.05, 0.1) is 10.6 Å². The molecule has 2 aromatic carbocycles. The highest BCUT2D eigenvalue weighted by atomic mass is 32.2. The fraction of sp³-hybridized carbons (Fsp3) is 0. The van der Waals surface area contributed by atoms with Crippen molar-refractivity contribution in [2.45, 2.75) is 4.90 Å². The van der Waals surface area contributed by atoms with Crippen LogP contribution in [0, 0.1) is 0 Å². The Kier molecular flexibility index (Phi) is 3.86. The summed E-state index contributed by atoms with van der Waals surface area (Å²) in [7, 11) is 0. The first kappa shape index (κ1) is 12.5. The zero-order valence-electron chi connectivity index (χ0n) is 9.35. The molecule has 0 saturated heterocycles. The second-order valence-electron chi connectivity index (χ2n) is 3.56. The molecule has 1 atom stereocenters. The molecular formula is C13H11NO3S. The number of hydrogen-bond acceptors (Lipinski definition) is 3. The second-order valence-corrected chi connectivity index (χ2v) is 4.53. The zero-order chi connectivity index (χ0) is 13.0. The molecule has 92 valence electrons. The van der Waals surface area contributed by atoms with E-state index in [0.717, 1.165) is 5.69 Å². The molecule has 2 aromatic rings. The summed E-state index contributed by atoms with van der Waals surface area (Å²) >= 11 is -2.07. The molecule has 0 fully saturated rings. The molecule has 4 nitrogen and oxygen atoms in total. The fourth-order valence-electron chi connectivity index (χ4n) is 1.40. The van der Waals surface area contributed by atoms with Crippen LogP contribution in [0.5, 0.6) is 5.75 Å². The van der Waals surface area contributed by atoms with Gasteiger partial charge >= 0.3 is 0 Å². The summed E-state index contributed by atoms with van der Waals surface area (Å²) in [5.41, 5.74) is 1.14. The lowest BCUT2D eigenvalue weighted by atomic mass is 10.2. The molecule has 0 aliphatic carbocycles. The molecule has 2 rings (SSSR count). The van der Waals surface area contributed by atoms with Gasteiger partial charge in [-0.1, -0.05) is 18.2 Å². The van der Waals surface area contributed by atoms with E-state index in [1.165, 1.54) is 24.4 Å². The van der Waals surface area contributed by atoms with Gasteiger partial charge in [0.15, 0.2) is 11.1 Å². The van der Waals surface area contributed by atoms with Crippen LogP contribution in [0.2, 0.25) is 0 Å². The Morgan fingerprint density at radius 1 is 1.11 bits per heavy atom. The molecule has 5 heteroatoms. The number of hydrogen-bond donors (Lipinski definition) is 2. The fourth-order valence-corrected chi connectivity index (χ4v) is 1.82. The summed E-state index contributed by atoms with van der Waals surface area (Å²) in [6.07, 6.45) is 1.46. The average molecular weight is 261 g/mol. The molecule has 0 heterocycles. The van der Waals surface area contributed by atoms with E-state index in [4.69, 9.17) is 4.55 Å². The number of rotatable bonds is 3. The van der Waals surface area contributed by atoms with Crippen molar-refractivity contribution in [3.05, 3.63) is 54.1 Å². The van der Waals surface area contributed by atoms with Crippen LogP contribution in [-0.2, 0) is 11.1 Å². The third-order valence-corrected chi connectivity index (χ3v) is 2.97. The van der Waals surface area contributed by atoms with E-state index < -0.39 is 11.1 Å². The highest BCUT2D eigenvalue weighted by Crippen LogP contribution is 2.19. The summed E-state index contributed by atoms with van der Waals surface area (Å²) in [4.78, 5) is 4.40. The molecule has 0 aliphatic heterocycles. The normalized spacial score (nSPS) is 12.7. The van der Waals surface area contributed by atoms with Crippen LogP contribution in [0.3, 0.4) is 0 Å². The van der Waals surface area contributed by atoms with E-state index in [1.54, 1.807) is 0 Å². The van der Waals surface area contributed by atoms with E-state index in [-0.39, 0.29) is 10.6 Å². The lowest BCUT2D eigenvalue weighted by Gasteiger charge is -2.01. The third-order valence-electron chi connectivity index (χ3n) is 2.31. The lowest BCUT2D eigenvalue weighted by Crippen LogP contribution is -1.91. The maximum atomic E-state index is 10.9. The minimum Gasteiger partial charge on any atom is -0.507 e. The number of phenols is 1. The molecule has 0 amide bonds. The van der Waals surface area contributed by atoms with Crippen molar-refractivity contribution in [3.8, 4) is 5.75 Å². The van der Waals surface area contributed by atoms with E-state index >= 15 is 0 Å². The van der Waals surface area contributed by atoms with Crippen molar-refractivity contribution in [2.75, 3.05) is 0 Å². The molecule has 0 saturated carbocycles. The smallest absolute Gasteiger partial charge is 0.186 e. The van der Waals surface area contributed by atoms with E-state index in [0.29, 0.717) is 5.56 Å². The van der Waals surface area contributed by atoms with Crippen LogP contribution < -0.4 is 0 Å². The highest BCUT2D eigenvalue weighted by molar-refractivity contribution is 7.79. The van der Waals surface area contributed by atoms with Crippen LogP contribution >= 0.6 is 0 Å². The van der Waals surface area contributed by atoms with Crippen molar-refractivity contribution in [1.82, 2.24) is 0 Å². The van der Waals surface area contributed by atoms with Gasteiger partial charge < -0.3 is 9.66 Å². The van der Waals surface area contributed by atoms with Crippen molar-refractivity contribution in [3.63, 3.8) is 0 Å². The summed E-state index contributed by atoms with van der Waals surface area (Å²) in [6.45, 7) is 0. The predicted molar refractivity (Wildman–Crippen MR) is 70.8 cm³/mol. The summed E-state index contributed by atoms with van der Waals surface area (Å²) < 4.78 is 19.9. The number of para-hydroxylation sites is 1. The molecule has 2 N–H and O–H groups in total. The van der Waals surface area contributed by atoms with Crippen molar-refractivity contribution < 1.29 is 13.9 Å². The van der Waals surface area contributed by atoms with E-state index in [9.17, 15) is 9.32 Å². The van der Waals surface area contributed by atoms with Gasteiger partial charge in [0.2, 0.25) is 0 Å². The van der Waals surface area contributed by atoms with Crippen molar-refractivity contribution >= 4 is 23.0 Å². The standard InChI is InChI=1S/C13H11NO3S/c15-13-7-6-12(18(16)17)8-10(13)9-14-11-4-2-1-3-5-11/h1-9,15H,(H,16,17). The number of benzene rings is 2. The van der Waals surface area contributed by atoms with E-state index in [1.807, 2.05) is 30.3 Å². The number of phenolic OH excluding ortho intramolecular Hbond substituents is 1. The Morgan fingerprint density at radius 3 is 2.50 bits per heavy atom. The molecule has 0 aromatic heterocycles. The minimum atomic E-state index is -2.07. The minimum absolute atomic E-state index is 0.0175. The van der Waals surface area contributed by atoms with Crippen molar-refractivity contribution in [1.29, 1.82) is 0 Å². The molecule has 0 aliphatic rings. The first-order valence-electron chi connectivity index (χ1n) is 5.20. The molecular weight excluding hydrogens is 250 g/mol. The van der Waals surface area contributed by atoms with Gasteiger partial charge in [-0.3, -0.25) is 4.99 Å².